The summed E-state index contributed by atoms with van der Waals surface area (Å²) in [4.78, 5) is 0. The van der Waals surface area contributed by atoms with Crippen LogP contribution in [0.15, 0.2) is 60.9 Å². The molecule has 0 saturated carbocycles. The van der Waals surface area contributed by atoms with Gasteiger partial charge in [0, 0.05) is 22.5 Å². The van der Waals surface area contributed by atoms with Crippen molar-refractivity contribution in [2.75, 3.05) is 5.73 Å². The minimum Gasteiger partial charge on any atom is -0.399 e. The molecule has 0 spiro atoms. The van der Waals surface area contributed by atoms with Gasteiger partial charge in [0.2, 0.25) is 0 Å². The average Bonchev–Trinajstić information content (AvgIpc) is 2.92. The molecule has 0 aliphatic heterocycles. The van der Waals surface area contributed by atoms with Gasteiger partial charge in [-0.1, -0.05) is 48.0 Å². The SMILES string of the molecule is Nc1ccc(Cn2cc(-c3ccccc3)cn2)c(Cl)c1. The molecule has 2 N–H and O–H groups in total. The molecule has 0 aliphatic rings. The Morgan fingerprint density at radius 3 is 2.60 bits per heavy atom. The average molecular weight is 284 g/mol. The molecule has 2 aromatic carbocycles. The normalized spacial score (nSPS) is 10.7. The Morgan fingerprint density at radius 2 is 1.85 bits per heavy atom. The first-order chi connectivity index (χ1) is 9.72. The molecule has 0 fully saturated rings. The third kappa shape index (κ3) is 2.68. The van der Waals surface area contributed by atoms with Crippen molar-refractivity contribution in [2.24, 2.45) is 0 Å². The van der Waals surface area contributed by atoms with Crippen molar-refractivity contribution in [2.45, 2.75) is 6.54 Å². The van der Waals surface area contributed by atoms with E-state index in [4.69, 9.17) is 17.3 Å². The molecule has 3 nitrogen and oxygen atoms in total. The van der Waals surface area contributed by atoms with E-state index in [-0.39, 0.29) is 0 Å². The predicted octanol–water partition coefficient (Wildman–Crippen LogP) is 3.83. The van der Waals surface area contributed by atoms with Crippen LogP contribution in [-0.2, 0) is 6.54 Å². The van der Waals surface area contributed by atoms with Crippen LogP contribution in [0.5, 0.6) is 0 Å². The Bertz CT molecular complexity index is 720. The van der Waals surface area contributed by atoms with E-state index in [0.717, 1.165) is 16.7 Å². The molecule has 0 aliphatic carbocycles. The van der Waals surface area contributed by atoms with Crippen LogP contribution in [0.25, 0.3) is 11.1 Å². The first kappa shape index (κ1) is 12.8. The number of halogens is 1. The number of benzene rings is 2. The van der Waals surface area contributed by atoms with E-state index in [1.807, 2.05) is 47.4 Å². The van der Waals surface area contributed by atoms with Gasteiger partial charge in [-0.05, 0) is 23.3 Å². The molecular weight excluding hydrogens is 270 g/mol. The smallest absolute Gasteiger partial charge is 0.0674 e. The topological polar surface area (TPSA) is 43.8 Å². The molecule has 0 unspecified atom stereocenters. The lowest BCUT2D eigenvalue weighted by atomic mass is 10.1. The monoisotopic (exact) mass is 283 g/mol. The minimum atomic E-state index is 0.631. The molecule has 0 radical (unpaired) electrons. The van der Waals surface area contributed by atoms with Crippen molar-refractivity contribution in [1.82, 2.24) is 9.78 Å². The summed E-state index contributed by atoms with van der Waals surface area (Å²) in [5.41, 5.74) is 9.62. The number of rotatable bonds is 3. The molecule has 4 heteroatoms. The lowest BCUT2D eigenvalue weighted by Gasteiger charge is -2.05. The minimum absolute atomic E-state index is 0.631. The summed E-state index contributed by atoms with van der Waals surface area (Å²) in [6, 6.07) is 15.7. The standard InChI is InChI=1S/C16H14ClN3/c17-16-8-15(18)7-6-13(16)10-20-11-14(9-19-20)12-4-2-1-3-5-12/h1-9,11H,10,18H2. The Hall–Kier alpha value is -2.26. The van der Waals surface area contributed by atoms with Gasteiger partial charge in [-0.2, -0.15) is 5.10 Å². The van der Waals surface area contributed by atoms with Crippen LogP contribution >= 0.6 is 11.6 Å². The van der Waals surface area contributed by atoms with Gasteiger partial charge < -0.3 is 5.73 Å². The van der Waals surface area contributed by atoms with Crippen molar-refractivity contribution in [3.63, 3.8) is 0 Å². The number of nitrogens with zero attached hydrogens (tertiary/aromatic N) is 2. The Morgan fingerprint density at radius 1 is 1.05 bits per heavy atom. The molecule has 3 aromatic rings. The third-order valence-corrected chi connectivity index (χ3v) is 3.50. The zero-order valence-electron chi connectivity index (χ0n) is 10.8. The highest BCUT2D eigenvalue weighted by molar-refractivity contribution is 6.31. The maximum absolute atomic E-state index is 6.18. The van der Waals surface area contributed by atoms with E-state index in [1.54, 1.807) is 6.07 Å². The van der Waals surface area contributed by atoms with Crippen LogP contribution < -0.4 is 5.73 Å². The first-order valence-corrected chi connectivity index (χ1v) is 6.72. The van der Waals surface area contributed by atoms with Crippen molar-refractivity contribution in [3.05, 3.63) is 71.5 Å². The second kappa shape index (κ2) is 5.39. The van der Waals surface area contributed by atoms with Crippen molar-refractivity contribution < 1.29 is 0 Å². The van der Waals surface area contributed by atoms with Crippen LogP contribution in [0.3, 0.4) is 0 Å². The molecule has 3 rings (SSSR count). The molecule has 0 bridgehead atoms. The zero-order chi connectivity index (χ0) is 13.9. The molecule has 0 saturated heterocycles. The highest BCUT2D eigenvalue weighted by Crippen LogP contribution is 2.22. The summed E-state index contributed by atoms with van der Waals surface area (Å²) in [6.07, 6.45) is 3.88. The highest BCUT2D eigenvalue weighted by Gasteiger charge is 2.05. The van der Waals surface area contributed by atoms with Gasteiger partial charge in [0.1, 0.15) is 0 Å². The van der Waals surface area contributed by atoms with Crippen LogP contribution in [-0.4, -0.2) is 9.78 Å². The zero-order valence-corrected chi connectivity index (χ0v) is 11.6. The second-order valence-electron chi connectivity index (χ2n) is 4.64. The predicted molar refractivity (Wildman–Crippen MR) is 82.6 cm³/mol. The molecular formula is C16H14ClN3. The van der Waals surface area contributed by atoms with E-state index in [0.29, 0.717) is 17.3 Å². The van der Waals surface area contributed by atoms with E-state index >= 15 is 0 Å². The summed E-state index contributed by atoms with van der Waals surface area (Å²) in [6.45, 7) is 0.631. The van der Waals surface area contributed by atoms with E-state index in [9.17, 15) is 0 Å². The van der Waals surface area contributed by atoms with Crippen molar-refractivity contribution in [3.8, 4) is 11.1 Å². The summed E-state index contributed by atoms with van der Waals surface area (Å²) in [5.74, 6) is 0. The fourth-order valence-electron chi connectivity index (χ4n) is 2.10. The molecule has 0 amide bonds. The molecule has 20 heavy (non-hydrogen) atoms. The molecule has 1 aromatic heterocycles. The number of aromatic nitrogens is 2. The van der Waals surface area contributed by atoms with Crippen LogP contribution in [0.1, 0.15) is 5.56 Å². The van der Waals surface area contributed by atoms with Crippen molar-refractivity contribution in [1.29, 1.82) is 0 Å². The van der Waals surface area contributed by atoms with Gasteiger partial charge in [-0.3, -0.25) is 4.68 Å². The number of nitrogen functional groups attached to an aromatic ring is 1. The molecule has 100 valence electrons. The highest BCUT2D eigenvalue weighted by atomic mass is 35.5. The van der Waals surface area contributed by atoms with Crippen LogP contribution in [0, 0.1) is 0 Å². The van der Waals surface area contributed by atoms with Gasteiger partial charge >= 0.3 is 0 Å². The first-order valence-electron chi connectivity index (χ1n) is 6.34. The van der Waals surface area contributed by atoms with E-state index in [1.165, 1.54) is 0 Å². The van der Waals surface area contributed by atoms with Gasteiger partial charge in [-0.25, -0.2) is 0 Å². The fourth-order valence-corrected chi connectivity index (χ4v) is 2.34. The van der Waals surface area contributed by atoms with E-state index in [2.05, 4.69) is 17.2 Å². The quantitative estimate of drug-likeness (QED) is 0.742. The molecule has 0 atom stereocenters. The Balaban J connectivity index is 1.84. The van der Waals surface area contributed by atoms with Gasteiger partial charge in [0.25, 0.3) is 0 Å². The van der Waals surface area contributed by atoms with Crippen LogP contribution in [0.4, 0.5) is 5.69 Å². The summed E-state index contributed by atoms with van der Waals surface area (Å²) < 4.78 is 1.87. The summed E-state index contributed by atoms with van der Waals surface area (Å²) >= 11 is 6.18. The van der Waals surface area contributed by atoms with E-state index < -0.39 is 0 Å². The lowest BCUT2D eigenvalue weighted by Crippen LogP contribution is -2.01. The molecule has 1 heterocycles. The Kier molecular flexibility index (Phi) is 3.44. The number of hydrogen-bond acceptors (Lipinski definition) is 2. The van der Waals surface area contributed by atoms with Crippen LogP contribution in [0.2, 0.25) is 5.02 Å². The van der Waals surface area contributed by atoms with Gasteiger partial charge in [0.15, 0.2) is 0 Å². The Labute approximate surface area is 122 Å². The third-order valence-electron chi connectivity index (χ3n) is 3.15. The maximum Gasteiger partial charge on any atom is 0.0674 e. The number of nitrogens with two attached hydrogens (primary N) is 1. The lowest BCUT2D eigenvalue weighted by molar-refractivity contribution is 0.687. The summed E-state index contributed by atoms with van der Waals surface area (Å²) in [7, 11) is 0. The number of hydrogen-bond donors (Lipinski definition) is 1. The number of anilines is 1. The maximum atomic E-state index is 6.18. The second-order valence-corrected chi connectivity index (χ2v) is 5.05. The van der Waals surface area contributed by atoms with Gasteiger partial charge in [0.05, 0.1) is 12.7 Å². The van der Waals surface area contributed by atoms with Crippen molar-refractivity contribution >= 4 is 17.3 Å². The van der Waals surface area contributed by atoms with Gasteiger partial charge in [-0.15, -0.1) is 0 Å². The summed E-state index contributed by atoms with van der Waals surface area (Å²) in [5, 5.41) is 5.05. The fraction of sp³-hybridized carbons (Fsp3) is 0.0625. The largest absolute Gasteiger partial charge is 0.399 e.